The van der Waals surface area contributed by atoms with Crippen molar-refractivity contribution in [3.63, 3.8) is 0 Å². The predicted molar refractivity (Wildman–Crippen MR) is 112 cm³/mol. The van der Waals surface area contributed by atoms with Gasteiger partial charge in [0.1, 0.15) is 5.75 Å². The van der Waals surface area contributed by atoms with Gasteiger partial charge in [0.25, 0.3) is 11.8 Å². The topological polar surface area (TPSA) is 96.5 Å². The van der Waals surface area contributed by atoms with E-state index in [1.165, 1.54) is 6.08 Å². The Morgan fingerprint density at radius 1 is 0.931 bits per heavy atom. The number of amides is 3. The average molecular weight is 395 g/mol. The maximum Gasteiger partial charge on any atom is 0.269 e. The van der Waals surface area contributed by atoms with Crippen LogP contribution in [0.5, 0.6) is 5.75 Å². The second-order valence-corrected chi connectivity index (χ2v) is 6.15. The van der Waals surface area contributed by atoms with Crippen molar-refractivity contribution >= 4 is 29.5 Å². The van der Waals surface area contributed by atoms with Crippen LogP contribution in [0.4, 0.5) is 5.69 Å². The fourth-order valence-electron chi connectivity index (χ4n) is 2.40. The van der Waals surface area contributed by atoms with Gasteiger partial charge < -0.3 is 10.1 Å². The molecule has 7 nitrogen and oxygen atoms in total. The van der Waals surface area contributed by atoms with Crippen LogP contribution in [0, 0.1) is 0 Å². The molecule has 0 aliphatic carbocycles. The Balaban J connectivity index is 1.81. The number of benzene rings is 2. The lowest BCUT2D eigenvalue weighted by Crippen LogP contribution is -2.40. The monoisotopic (exact) mass is 395 g/mol. The Hall–Kier alpha value is -3.61. The first-order chi connectivity index (χ1) is 14.0. The van der Waals surface area contributed by atoms with Crippen LogP contribution in [-0.4, -0.2) is 24.3 Å². The Bertz CT molecular complexity index is 859. The zero-order chi connectivity index (χ0) is 21.1. The van der Waals surface area contributed by atoms with Crippen molar-refractivity contribution in [1.82, 2.24) is 10.9 Å². The van der Waals surface area contributed by atoms with E-state index < -0.39 is 11.8 Å². The van der Waals surface area contributed by atoms with Crippen molar-refractivity contribution in [2.45, 2.75) is 26.7 Å². The van der Waals surface area contributed by atoms with Crippen LogP contribution in [0.15, 0.2) is 54.6 Å². The molecule has 0 fully saturated rings. The molecule has 0 saturated heterocycles. The zero-order valence-electron chi connectivity index (χ0n) is 16.5. The summed E-state index contributed by atoms with van der Waals surface area (Å²) in [5.41, 5.74) is 6.47. The second-order valence-electron chi connectivity index (χ2n) is 6.15. The molecule has 0 atom stereocenters. The Labute approximate surface area is 170 Å². The second kappa shape index (κ2) is 11.3. The standard InChI is InChI=1S/C22H25N3O4/c1-3-5-20(26)23-18-11-9-17(10-12-18)22(28)25-24-21(27)15-8-16-6-13-19(14-7-16)29-4-2/h6-15H,3-5H2,1-2H3,(H,23,26)(H,24,27)(H,25,28)/b15-8+. The van der Waals surface area contributed by atoms with Gasteiger partial charge in [-0.1, -0.05) is 19.1 Å². The molecule has 0 aromatic heterocycles. The smallest absolute Gasteiger partial charge is 0.269 e. The molecule has 2 aromatic carbocycles. The summed E-state index contributed by atoms with van der Waals surface area (Å²) in [4.78, 5) is 35.5. The quantitative estimate of drug-likeness (QED) is 0.472. The molecule has 0 saturated carbocycles. The Morgan fingerprint density at radius 2 is 1.62 bits per heavy atom. The minimum Gasteiger partial charge on any atom is -0.494 e. The van der Waals surface area contributed by atoms with Crippen molar-refractivity contribution in [2.75, 3.05) is 11.9 Å². The lowest BCUT2D eigenvalue weighted by Gasteiger charge is -2.07. The summed E-state index contributed by atoms with van der Waals surface area (Å²) in [5.74, 6) is -0.233. The molecule has 0 spiro atoms. The van der Waals surface area contributed by atoms with E-state index in [4.69, 9.17) is 4.74 Å². The van der Waals surface area contributed by atoms with Gasteiger partial charge in [-0.2, -0.15) is 0 Å². The number of carbonyl (C=O) groups excluding carboxylic acids is 3. The molecule has 29 heavy (non-hydrogen) atoms. The molecule has 0 bridgehead atoms. The summed E-state index contributed by atoms with van der Waals surface area (Å²) in [5, 5.41) is 2.74. The predicted octanol–water partition coefficient (Wildman–Crippen LogP) is 3.30. The molecule has 0 aliphatic heterocycles. The molecular formula is C22H25N3O4. The third-order valence-corrected chi connectivity index (χ3v) is 3.83. The van der Waals surface area contributed by atoms with Crippen molar-refractivity contribution in [2.24, 2.45) is 0 Å². The van der Waals surface area contributed by atoms with Crippen LogP contribution >= 0.6 is 0 Å². The number of hydrogen-bond acceptors (Lipinski definition) is 4. The number of anilines is 1. The van der Waals surface area contributed by atoms with Crippen molar-refractivity contribution in [3.8, 4) is 5.75 Å². The fourth-order valence-corrected chi connectivity index (χ4v) is 2.40. The van der Waals surface area contributed by atoms with Crippen molar-refractivity contribution < 1.29 is 19.1 Å². The summed E-state index contributed by atoms with van der Waals surface area (Å²) in [6.07, 6.45) is 4.16. The van der Waals surface area contributed by atoms with E-state index in [0.717, 1.165) is 17.7 Å². The third kappa shape index (κ3) is 7.50. The van der Waals surface area contributed by atoms with Crippen LogP contribution in [0.25, 0.3) is 6.08 Å². The number of hydrazine groups is 1. The van der Waals surface area contributed by atoms with Gasteiger partial charge in [-0.05, 0) is 61.4 Å². The summed E-state index contributed by atoms with van der Waals surface area (Å²) >= 11 is 0. The molecular weight excluding hydrogens is 370 g/mol. The fraction of sp³-hybridized carbons (Fsp3) is 0.227. The summed E-state index contributed by atoms with van der Waals surface area (Å²) < 4.78 is 5.36. The largest absolute Gasteiger partial charge is 0.494 e. The summed E-state index contributed by atoms with van der Waals surface area (Å²) in [6, 6.07) is 13.7. The zero-order valence-corrected chi connectivity index (χ0v) is 16.5. The highest BCUT2D eigenvalue weighted by molar-refractivity contribution is 5.98. The van der Waals surface area contributed by atoms with Gasteiger partial charge in [-0.25, -0.2) is 0 Å². The minimum absolute atomic E-state index is 0.0729. The minimum atomic E-state index is -0.462. The molecule has 7 heteroatoms. The Kier molecular flexibility index (Phi) is 8.44. The van der Waals surface area contributed by atoms with Crippen LogP contribution in [0.2, 0.25) is 0 Å². The number of ether oxygens (including phenoxy) is 1. The lowest BCUT2D eigenvalue weighted by molar-refractivity contribution is -0.117. The first-order valence-corrected chi connectivity index (χ1v) is 9.43. The van der Waals surface area contributed by atoms with Crippen LogP contribution in [0.1, 0.15) is 42.6 Å². The SMILES string of the molecule is CCCC(=O)Nc1ccc(C(=O)NNC(=O)/C=C/c2ccc(OCC)cc2)cc1. The normalized spacial score (nSPS) is 10.4. The molecule has 2 rings (SSSR count). The first-order valence-electron chi connectivity index (χ1n) is 9.43. The lowest BCUT2D eigenvalue weighted by atomic mass is 10.2. The van der Waals surface area contributed by atoms with E-state index >= 15 is 0 Å². The van der Waals surface area contributed by atoms with Crippen LogP contribution in [0.3, 0.4) is 0 Å². The molecule has 0 radical (unpaired) electrons. The molecule has 0 aliphatic rings. The van der Waals surface area contributed by atoms with E-state index in [1.54, 1.807) is 30.3 Å². The van der Waals surface area contributed by atoms with Gasteiger partial charge in [0.2, 0.25) is 5.91 Å². The van der Waals surface area contributed by atoms with Crippen molar-refractivity contribution in [1.29, 1.82) is 0 Å². The number of rotatable bonds is 8. The average Bonchev–Trinajstić information content (AvgIpc) is 2.72. The number of carbonyl (C=O) groups is 3. The van der Waals surface area contributed by atoms with E-state index in [9.17, 15) is 14.4 Å². The van der Waals surface area contributed by atoms with E-state index in [0.29, 0.717) is 24.3 Å². The first kappa shape index (κ1) is 21.7. The Morgan fingerprint density at radius 3 is 2.24 bits per heavy atom. The van der Waals surface area contributed by atoms with Gasteiger partial charge >= 0.3 is 0 Å². The highest BCUT2D eigenvalue weighted by atomic mass is 16.5. The molecule has 0 unspecified atom stereocenters. The van der Waals surface area contributed by atoms with E-state index in [-0.39, 0.29) is 5.91 Å². The van der Waals surface area contributed by atoms with Gasteiger partial charge in [0.05, 0.1) is 6.61 Å². The van der Waals surface area contributed by atoms with E-state index in [2.05, 4.69) is 16.2 Å². The van der Waals surface area contributed by atoms with Gasteiger partial charge in [-0.15, -0.1) is 0 Å². The summed E-state index contributed by atoms with van der Waals surface area (Å²) in [7, 11) is 0. The maximum absolute atomic E-state index is 12.1. The summed E-state index contributed by atoms with van der Waals surface area (Å²) in [6.45, 7) is 4.42. The molecule has 2 aromatic rings. The van der Waals surface area contributed by atoms with Gasteiger partial charge in [0.15, 0.2) is 0 Å². The highest BCUT2D eigenvalue weighted by Gasteiger charge is 2.07. The molecule has 152 valence electrons. The van der Waals surface area contributed by atoms with Crippen LogP contribution in [-0.2, 0) is 9.59 Å². The third-order valence-electron chi connectivity index (χ3n) is 3.83. The highest BCUT2D eigenvalue weighted by Crippen LogP contribution is 2.13. The van der Waals surface area contributed by atoms with Gasteiger partial charge in [0, 0.05) is 23.7 Å². The molecule has 3 N–H and O–H groups in total. The number of nitrogens with one attached hydrogen (secondary N) is 3. The number of hydrogen-bond donors (Lipinski definition) is 3. The van der Waals surface area contributed by atoms with Gasteiger partial charge in [-0.3, -0.25) is 25.2 Å². The molecule has 0 heterocycles. The molecule has 3 amide bonds. The van der Waals surface area contributed by atoms with Crippen LogP contribution < -0.4 is 20.9 Å². The van der Waals surface area contributed by atoms with E-state index in [1.807, 2.05) is 38.1 Å². The van der Waals surface area contributed by atoms with Crippen molar-refractivity contribution in [3.05, 3.63) is 65.7 Å². The maximum atomic E-state index is 12.1.